The van der Waals surface area contributed by atoms with Gasteiger partial charge in [0, 0.05) is 24.7 Å². The van der Waals surface area contributed by atoms with Gasteiger partial charge in [0.25, 0.3) is 0 Å². The van der Waals surface area contributed by atoms with E-state index in [-0.39, 0.29) is 23.2 Å². The normalized spacial score (nSPS) is 20.0. The van der Waals surface area contributed by atoms with Gasteiger partial charge in [0.2, 0.25) is 0 Å². The second-order valence-electron chi connectivity index (χ2n) is 7.18. The maximum atomic E-state index is 13.7. The number of rotatable bonds is 3. The zero-order chi connectivity index (χ0) is 20.6. The summed E-state index contributed by atoms with van der Waals surface area (Å²) in [4.78, 5) is 10.4. The Balaban J connectivity index is 1.79. The summed E-state index contributed by atoms with van der Waals surface area (Å²) in [6.45, 7) is 3.20. The van der Waals surface area contributed by atoms with Crippen molar-refractivity contribution in [3.05, 3.63) is 36.0 Å². The highest BCUT2D eigenvalue weighted by Crippen LogP contribution is 2.39. The lowest BCUT2D eigenvalue weighted by Gasteiger charge is -2.36. The molecule has 4 rings (SSSR count). The summed E-state index contributed by atoms with van der Waals surface area (Å²) < 4.78 is 41.1. The van der Waals surface area contributed by atoms with Crippen LogP contribution < -0.4 is 4.90 Å². The van der Waals surface area contributed by atoms with Crippen molar-refractivity contribution in [3.8, 4) is 17.5 Å². The number of hydrogen-bond acceptors (Lipinski definition) is 5. The first kappa shape index (κ1) is 19.2. The fraction of sp³-hybridized carbons (Fsp3) is 0.400. The number of anilines is 1. The van der Waals surface area contributed by atoms with Crippen molar-refractivity contribution < 1.29 is 13.2 Å². The van der Waals surface area contributed by atoms with Crippen LogP contribution in [0, 0.1) is 23.2 Å². The average molecular weight is 400 g/mol. The Morgan fingerprint density at radius 1 is 1.31 bits per heavy atom. The van der Waals surface area contributed by atoms with E-state index in [0.29, 0.717) is 36.4 Å². The first-order valence-electron chi connectivity index (χ1n) is 9.44. The summed E-state index contributed by atoms with van der Waals surface area (Å²) in [7, 11) is 0. The molecule has 2 unspecified atom stereocenters. The van der Waals surface area contributed by atoms with Crippen LogP contribution in [0.2, 0.25) is 0 Å². The molecule has 3 aromatic rings. The molecule has 1 saturated heterocycles. The van der Waals surface area contributed by atoms with Crippen LogP contribution in [0.15, 0.2) is 30.5 Å². The van der Waals surface area contributed by atoms with Crippen LogP contribution in [0.5, 0.6) is 0 Å². The van der Waals surface area contributed by atoms with Crippen molar-refractivity contribution in [2.45, 2.75) is 25.9 Å². The smallest absolute Gasteiger partial charge is 0.356 e. The van der Waals surface area contributed by atoms with Gasteiger partial charge in [-0.2, -0.15) is 23.5 Å². The quantitative estimate of drug-likeness (QED) is 0.704. The monoisotopic (exact) mass is 400 g/mol. The van der Waals surface area contributed by atoms with Gasteiger partial charge in [-0.3, -0.25) is 5.10 Å². The Hall–Kier alpha value is -3.15. The van der Waals surface area contributed by atoms with Gasteiger partial charge < -0.3 is 4.90 Å². The molecular formula is C20H19F3N6. The number of hydrogen-bond donors (Lipinski definition) is 1. The molecule has 2 atom stereocenters. The van der Waals surface area contributed by atoms with Crippen molar-refractivity contribution in [2.24, 2.45) is 11.8 Å². The third-order valence-corrected chi connectivity index (χ3v) is 5.50. The van der Waals surface area contributed by atoms with Crippen LogP contribution in [0.3, 0.4) is 0 Å². The SMILES string of the molecule is CCC1CN(c2ccc(C(F)(F)F)c(-c3[nH]nc4ncccc34)n2)CCC1C#N. The lowest BCUT2D eigenvalue weighted by molar-refractivity contribution is -0.137. The molecule has 1 aliphatic rings. The first-order valence-corrected chi connectivity index (χ1v) is 9.44. The minimum atomic E-state index is -4.56. The van der Waals surface area contributed by atoms with Crippen molar-refractivity contribution in [1.29, 1.82) is 5.26 Å². The number of nitrogens with one attached hydrogen (secondary N) is 1. The van der Waals surface area contributed by atoms with Crippen LogP contribution in [-0.2, 0) is 6.18 Å². The van der Waals surface area contributed by atoms with E-state index in [1.54, 1.807) is 12.1 Å². The summed E-state index contributed by atoms with van der Waals surface area (Å²) in [6.07, 6.45) is -1.52. The number of nitrogens with zero attached hydrogens (tertiary/aromatic N) is 5. The van der Waals surface area contributed by atoms with Gasteiger partial charge in [0.1, 0.15) is 11.5 Å². The summed E-state index contributed by atoms with van der Waals surface area (Å²) in [5.41, 5.74) is -0.486. The summed E-state index contributed by atoms with van der Waals surface area (Å²) in [6, 6.07) is 8.13. The molecule has 6 nitrogen and oxygen atoms in total. The number of aromatic amines is 1. The highest BCUT2D eigenvalue weighted by Gasteiger charge is 2.36. The number of halogens is 3. The minimum Gasteiger partial charge on any atom is -0.356 e. The zero-order valence-electron chi connectivity index (χ0n) is 15.7. The Labute approximate surface area is 165 Å². The lowest BCUT2D eigenvalue weighted by Crippen LogP contribution is -2.40. The van der Waals surface area contributed by atoms with Crippen LogP contribution in [0.1, 0.15) is 25.3 Å². The molecule has 29 heavy (non-hydrogen) atoms. The van der Waals surface area contributed by atoms with Gasteiger partial charge >= 0.3 is 6.18 Å². The van der Waals surface area contributed by atoms with E-state index in [1.807, 2.05) is 11.8 Å². The average Bonchev–Trinajstić information content (AvgIpc) is 3.16. The molecule has 0 amide bonds. The number of alkyl halides is 3. The predicted molar refractivity (Wildman–Crippen MR) is 102 cm³/mol. The molecule has 0 radical (unpaired) electrons. The van der Waals surface area contributed by atoms with E-state index in [2.05, 4.69) is 26.2 Å². The van der Waals surface area contributed by atoms with Gasteiger partial charge in [-0.15, -0.1) is 0 Å². The second-order valence-corrected chi connectivity index (χ2v) is 7.18. The fourth-order valence-electron chi connectivity index (χ4n) is 3.90. The highest BCUT2D eigenvalue weighted by atomic mass is 19.4. The summed E-state index contributed by atoms with van der Waals surface area (Å²) in [5.74, 6) is 0.598. The van der Waals surface area contributed by atoms with Crippen LogP contribution in [-0.4, -0.2) is 33.3 Å². The van der Waals surface area contributed by atoms with E-state index >= 15 is 0 Å². The molecule has 4 heterocycles. The minimum absolute atomic E-state index is 0.0345. The standard InChI is InChI=1S/C20H19F3N6/c1-2-12-11-29(9-7-13(12)10-24)16-6-5-15(20(21,22)23)18(26-16)17-14-4-3-8-25-19(14)28-27-17/h3-6,8,12-13H,2,7,9,11H2,1H3,(H,25,27,28). The largest absolute Gasteiger partial charge is 0.418 e. The first-order chi connectivity index (χ1) is 13.9. The topological polar surface area (TPSA) is 81.5 Å². The molecule has 1 fully saturated rings. The molecule has 0 saturated carbocycles. The van der Waals surface area contributed by atoms with Gasteiger partial charge in [-0.1, -0.05) is 13.3 Å². The molecule has 1 aliphatic heterocycles. The van der Waals surface area contributed by atoms with E-state index < -0.39 is 11.7 Å². The molecule has 0 aromatic carbocycles. The number of aromatic nitrogens is 4. The van der Waals surface area contributed by atoms with Crippen molar-refractivity contribution in [2.75, 3.05) is 18.0 Å². The predicted octanol–water partition coefficient (Wildman–Crippen LogP) is 4.41. The van der Waals surface area contributed by atoms with E-state index in [1.165, 1.54) is 12.3 Å². The maximum Gasteiger partial charge on any atom is 0.418 e. The zero-order valence-corrected chi connectivity index (χ0v) is 15.7. The summed E-state index contributed by atoms with van der Waals surface area (Å²) in [5, 5.41) is 16.5. The van der Waals surface area contributed by atoms with Crippen LogP contribution in [0.25, 0.3) is 22.4 Å². The van der Waals surface area contributed by atoms with Crippen molar-refractivity contribution in [1.82, 2.24) is 20.2 Å². The van der Waals surface area contributed by atoms with E-state index in [4.69, 9.17) is 0 Å². The van der Waals surface area contributed by atoms with Gasteiger partial charge in [-0.05, 0) is 36.6 Å². The molecule has 0 spiro atoms. The number of H-pyrrole nitrogens is 1. The molecular weight excluding hydrogens is 381 g/mol. The molecule has 0 aliphatic carbocycles. The molecule has 0 bridgehead atoms. The Morgan fingerprint density at radius 3 is 2.86 bits per heavy atom. The second kappa shape index (κ2) is 7.35. The third kappa shape index (κ3) is 3.50. The van der Waals surface area contributed by atoms with Crippen molar-refractivity contribution >= 4 is 16.9 Å². The van der Waals surface area contributed by atoms with Crippen LogP contribution >= 0.6 is 0 Å². The van der Waals surface area contributed by atoms with E-state index in [9.17, 15) is 18.4 Å². The molecule has 1 N–H and O–H groups in total. The maximum absolute atomic E-state index is 13.7. The molecule has 9 heteroatoms. The number of fused-ring (bicyclic) bond motifs is 1. The van der Waals surface area contributed by atoms with Gasteiger partial charge in [0.15, 0.2) is 5.65 Å². The Bertz CT molecular complexity index is 1070. The fourth-order valence-corrected chi connectivity index (χ4v) is 3.90. The third-order valence-electron chi connectivity index (χ3n) is 5.50. The summed E-state index contributed by atoms with van der Waals surface area (Å²) >= 11 is 0. The number of nitriles is 1. The van der Waals surface area contributed by atoms with E-state index in [0.717, 1.165) is 12.5 Å². The number of pyridine rings is 2. The molecule has 3 aromatic heterocycles. The highest BCUT2D eigenvalue weighted by molar-refractivity contribution is 5.90. The van der Waals surface area contributed by atoms with Crippen molar-refractivity contribution in [3.63, 3.8) is 0 Å². The molecule has 150 valence electrons. The number of piperidine rings is 1. The lowest BCUT2D eigenvalue weighted by atomic mass is 9.85. The Morgan fingerprint density at radius 2 is 2.14 bits per heavy atom. The van der Waals surface area contributed by atoms with Crippen LogP contribution in [0.4, 0.5) is 19.0 Å². The Kier molecular flexibility index (Phi) is 4.86. The van der Waals surface area contributed by atoms with Gasteiger partial charge in [0.05, 0.1) is 23.2 Å². The van der Waals surface area contributed by atoms with Gasteiger partial charge in [-0.25, -0.2) is 9.97 Å².